The van der Waals surface area contributed by atoms with Gasteiger partial charge in [-0.1, -0.05) is 23.2 Å². The molecule has 0 atom stereocenters. The number of thioether (sulfide) groups is 1. The third-order valence-corrected chi connectivity index (χ3v) is 5.22. The van der Waals surface area contributed by atoms with E-state index < -0.39 is 9.84 Å². The van der Waals surface area contributed by atoms with Crippen molar-refractivity contribution in [3.63, 3.8) is 0 Å². The Morgan fingerprint density at radius 1 is 1.10 bits per heavy atom. The summed E-state index contributed by atoms with van der Waals surface area (Å²) in [6.45, 7) is 0. The van der Waals surface area contributed by atoms with Gasteiger partial charge >= 0.3 is 0 Å². The Morgan fingerprint density at radius 3 is 2.35 bits per heavy atom. The van der Waals surface area contributed by atoms with Crippen LogP contribution in [0.3, 0.4) is 0 Å². The molecule has 0 aliphatic heterocycles. The molecule has 0 bridgehead atoms. The van der Waals surface area contributed by atoms with E-state index in [0.29, 0.717) is 26.5 Å². The van der Waals surface area contributed by atoms with Crippen LogP contribution in [0.1, 0.15) is 5.69 Å². The number of pyridine rings is 1. The Balaban J connectivity index is 2.10. The lowest BCUT2D eigenvalue weighted by Crippen LogP contribution is -1.96. The summed E-state index contributed by atoms with van der Waals surface area (Å²) in [5.74, 6) is 0.567. The van der Waals surface area contributed by atoms with Gasteiger partial charge in [0.2, 0.25) is 0 Å². The summed E-state index contributed by atoms with van der Waals surface area (Å²) in [7, 11) is -3.16. The van der Waals surface area contributed by atoms with Crippen LogP contribution in [0.2, 0.25) is 10.2 Å². The number of aromatic nitrogens is 1. The average molecular weight is 348 g/mol. The molecule has 1 heterocycles. The molecular weight excluding hydrogens is 337 g/mol. The summed E-state index contributed by atoms with van der Waals surface area (Å²) in [6, 6.07) is 10.0. The molecule has 7 heteroatoms. The number of rotatable bonds is 4. The van der Waals surface area contributed by atoms with E-state index in [2.05, 4.69) is 4.98 Å². The van der Waals surface area contributed by atoms with Gasteiger partial charge in [-0.05, 0) is 36.4 Å². The summed E-state index contributed by atoms with van der Waals surface area (Å²) in [5, 5.41) is 0.965. The largest absolute Gasteiger partial charge is 0.239 e. The Labute approximate surface area is 132 Å². The zero-order valence-electron chi connectivity index (χ0n) is 10.5. The number of sulfone groups is 1. The second-order valence-electron chi connectivity index (χ2n) is 4.09. The fourth-order valence-electron chi connectivity index (χ4n) is 1.49. The first-order chi connectivity index (χ1) is 9.36. The first-order valence-corrected chi connectivity index (χ1v) is 9.23. The van der Waals surface area contributed by atoms with Crippen molar-refractivity contribution in [3.8, 4) is 0 Å². The van der Waals surface area contributed by atoms with Gasteiger partial charge < -0.3 is 0 Å². The molecule has 0 saturated carbocycles. The van der Waals surface area contributed by atoms with Gasteiger partial charge in [0.25, 0.3) is 0 Å². The van der Waals surface area contributed by atoms with Gasteiger partial charge in [0.15, 0.2) is 9.84 Å². The lowest BCUT2D eigenvalue weighted by molar-refractivity contribution is 0.602. The Hall–Kier alpha value is -0.750. The minimum Gasteiger partial charge on any atom is -0.239 e. The standard InChI is InChI=1S/C13H11Cl2NO2S2/c1-20(17,18)10-4-2-9(3-5-10)19-8-12-11(14)6-7-13(15)16-12/h2-7H,8H2,1H3. The number of hydrogen-bond donors (Lipinski definition) is 0. The minimum atomic E-state index is -3.16. The van der Waals surface area contributed by atoms with E-state index in [9.17, 15) is 8.42 Å². The molecule has 0 amide bonds. The molecule has 20 heavy (non-hydrogen) atoms. The van der Waals surface area contributed by atoms with Gasteiger partial charge in [-0.3, -0.25) is 0 Å². The van der Waals surface area contributed by atoms with Crippen LogP contribution < -0.4 is 0 Å². The van der Waals surface area contributed by atoms with Crippen LogP contribution in [0, 0.1) is 0 Å². The van der Waals surface area contributed by atoms with Crippen molar-refractivity contribution in [2.75, 3.05) is 6.26 Å². The van der Waals surface area contributed by atoms with Gasteiger partial charge in [0.1, 0.15) is 5.15 Å². The molecule has 0 unspecified atom stereocenters. The highest BCUT2D eigenvalue weighted by atomic mass is 35.5. The van der Waals surface area contributed by atoms with E-state index in [1.54, 1.807) is 36.4 Å². The molecule has 0 N–H and O–H groups in total. The van der Waals surface area contributed by atoms with Gasteiger partial charge in [-0.25, -0.2) is 13.4 Å². The van der Waals surface area contributed by atoms with Crippen molar-refractivity contribution in [1.82, 2.24) is 4.98 Å². The molecule has 1 aromatic carbocycles. The SMILES string of the molecule is CS(=O)(=O)c1ccc(SCc2nc(Cl)ccc2Cl)cc1. The van der Waals surface area contributed by atoms with E-state index in [0.717, 1.165) is 4.90 Å². The van der Waals surface area contributed by atoms with Crippen LogP contribution in [-0.4, -0.2) is 19.7 Å². The maximum Gasteiger partial charge on any atom is 0.175 e. The average Bonchev–Trinajstić information content (AvgIpc) is 2.39. The van der Waals surface area contributed by atoms with Crippen LogP contribution in [0.5, 0.6) is 0 Å². The molecule has 0 aliphatic rings. The molecule has 0 spiro atoms. The maximum atomic E-state index is 11.4. The van der Waals surface area contributed by atoms with Crippen molar-refractivity contribution >= 4 is 44.8 Å². The predicted molar refractivity (Wildman–Crippen MR) is 83.4 cm³/mol. The minimum absolute atomic E-state index is 0.306. The van der Waals surface area contributed by atoms with Gasteiger partial charge in [-0.2, -0.15) is 0 Å². The van der Waals surface area contributed by atoms with Gasteiger partial charge in [-0.15, -0.1) is 11.8 Å². The van der Waals surface area contributed by atoms with Crippen LogP contribution in [0.4, 0.5) is 0 Å². The van der Waals surface area contributed by atoms with Crippen molar-refractivity contribution in [2.24, 2.45) is 0 Å². The highest BCUT2D eigenvalue weighted by molar-refractivity contribution is 7.98. The van der Waals surface area contributed by atoms with Crippen LogP contribution in [0.15, 0.2) is 46.2 Å². The highest BCUT2D eigenvalue weighted by Crippen LogP contribution is 2.27. The van der Waals surface area contributed by atoms with Crippen molar-refractivity contribution in [1.29, 1.82) is 0 Å². The molecule has 0 fully saturated rings. The predicted octanol–water partition coefficient (Wildman–Crippen LogP) is 4.08. The van der Waals surface area contributed by atoms with Crippen molar-refractivity contribution in [2.45, 2.75) is 15.5 Å². The molecule has 1 aromatic heterocycles. The molecule has 3 nitrogen and oxygen atoms in total. The summed E-state index contributed by atoms with van der Waals surface area (Å²) < 4.78 is 22.7. The molecule has 106 valence electrons. The second kappa shape index (κ2) is 6.35. The monoisotopic (exact) mass is 347 g/mol. The highest BCUT2D eigenvalue weighted by Gasteiger charge is 2.08. The number of hydrogen-bond acceptors (Lipinski definition) is 4. The van der Waals surface area contributed by atoms with E-state index >= 15 is 0 Å². The Bertz CT molecular complexity index is 716. The first-order valence-electron chi connectivity index (χ1n) is 5.60. The lowest BCUT2D eigenvalue weighted by Gasteiger charge is -2.05. The zero-order chi connectivity index (χ0) is 14.8. The van der Waals surface area contributed by atoms with Crippen molar-refractivity contribution < 1.29 is 8.42 Å². The van der Waals surface area contributed by atoms with E-state index in [-0.39, 0.29) is 0 Å². The smallest absolute Gasteiger partial charge is 0.175 e. The Kier molecular flexibility index (Phi) is 4.96. The topological polar surface area (TPSA) is 47.0 Å². The second-order valence-corrected chi connectivity index (χ2v) is 7.95. The van der Waals surface area contributed by atoms with E-state index in [4.69, 9.17) is 23.2 Å². The van der Waals surface area contributed by atoms with E-state index in [1.165, 1.54) is 18.0 Å². The lowest BCUT2D eigenvalue weighted by atomic mass is 10.4. The third kappa shape index (κ3) is 4.12. The van der Waals surface area contributed by atoms with E-state index in [1.807, 2.05) is 0 Å². The van der Waals surface area contributed by atoms with Crippen molar-refractivity contribution in [3.05, 3.63) is 52.3 Å². The zero-order valence-corrected chi connectivity index (χ0v) is 13.7. The maximum absolute atomic E-state index is 11.4. The van der Waals surface area contributed by atoms with Gasteiger partial charge in [0.05, 0.1) is 15.6 Å². The van der Waals surface area contributed by atoms with Crippen LogP contribution >= 0.6 is 35.0 Å². The molecule has 2 aromatic rings. The Morgan fingerprint density at radius 2 is 1.75 bits per heavy atom. The summed E-state index contributed by atoms with van der Waals surface area (Å²) in [5.41, 5.74) is 0.705. The quantitative estimate of drug-likeness (QED) is 0.617. The fraction of sp³-hybridized carbons (Fsp3) is 0.154. The number of nitrogens with zero attached hydrogens (tertiary/aromatic N) is 1. The molecule has 0 aliphatic carbocycles. The van der Waals surface area contributed by atoms with Crippen LogP contribution in [-0.2, 0) is 15.6 Å². The summed E-state index contributed by atoms with van der Waals surface area (Å²) in [4.78, 5) is 5.41. The van der Waals surface area contributed by atoms with Gasteiger partial charge in [0, 0.05) is 16.9 Å². The fourth-order valence-corrected chi connectivity index (χ4v) is 3.39. The van der Waals surface area contributed by atoms with Crippen LogP contribution in [0.25, 0.3) is 0 Å². The summed E-state index contributed by atoms with van der Waals surface area (Å²) in [6.07, 6.45) is 1.19. The number of halogens is 2. The molecule has 0 saturated heterocycles. The molecular formula is C13H11Cl2NO2S2. The first kappa shape index (κ1) is 15.6. The summed E-state index contributed by atoms with van der Waals surface area (Å²) >= 11 is 13.4. The number of benzene rings is 1. The normalized spacial score (nSPS) is 11.6. The molecule has 0 radical (unpaired) electrons. The molecule has 2 rings (SSSR count). The third-order valence-electron chi connectivity index (χ3n) is 2.51.